The second kappa shape index (κ2) is 9.80. The molecular weight excluding hydrogens is 466 g/mol. The fourth-order valence-corrected chi connectivity index (χ4v) is 4.83. The Kier molecular flexibility index (Phi) is 6.43. The number of fused-ring (bicyclic) bond motifs is 1. The topological polar surface area (TPSA) is 114 Å². The van der Waals surface area contributed by atoms with Gasteiger partial charge in [-0.3, -0.25) is 19.5 Å². The van der Waals surface area contributed by atoms with E-state index < -0.39 is 0 Å². The third-order valence-corrected chi connectivity index (χ3v) is 6.84. The third kappa shape index (κ3) is 4.86. The summed E-state index contributed by atoms with van der Waals surface area (Å²) >= 11 is 1.43. The lowest BCUT2D eigenvalue weighted by molar-refractivity contribution is -0.118. The minimum Gasteiger partial charge on any atom is -0.477 e. The molecule has 0 aromatic carbocycles. The summed E-state index contributed by atoms with van der Waals surface area (Å²) in [6, 6.07) is 5.50. The zero-order valence-corrected chi connectivity index (χ0v) is 20.3. The normalized spacial score (nSPS) is 13.4. The molecule has 1 saturated heterocycles. The highest BCUT2D eigenvalue weighted by molar-refractivity contribution is 7.21. The molecule has 0 saturated carbocycles. The molecule has 10 nitrogen and oxygen atoms in total. The van der Waals surface area contributed by atoms with Gasteiger partial charge < -0.3 is 15.4 Å². The number of carbonyl (C=O) groups is 2. The van der Waals surface area contributed by atoms with Gasteiger partial charge in [-0.15, -0.1) is 11.3 Å². The highest BCUT2D eigenvalue weighted by Crippen LogP contribution is 2.35. The SMILES string of the molecule is CCOc1ncccc1-c1cn2ncc(C(=O)Nc3cc(NC(=O)CN4CCC4)cnc3C)c2s1. The molecule has 4 aromatic heterocycles. The van der Waals surface area contributed by atoms with Crippen molar-refractivity contribution in [3.05, 3.63) is 54.2 Å². The highest BCUT2D eigenvalue weighted by Gasteiger charge is 2.20. The molecule has 0 spiro atoms. The van der Waals surface area contributed by atoms with Crippen LogP contribution in [0.2, 0.25) is 0 Å². The van der Waals surface area contributed by atoms with Crippen molar-refractivity contribution in [2.24, 2.45) is 0 Å². The highest BCUT2D eigenvalue weighted by atomic mass is 32.1. The van der Waals surface area contributed by atoms with Crippen LogP contribution in [-0.2, 0) is 4.79 Å². The monoisotopic (exact) mass is 491 g/mol. The quantitative estimate of drug-likeness (QED) is 0.388. The molecular formula is C24H25N7O3S. The van der Waals surface area contributed by atoms with Gasteiger partial charge in [-0.1, -0.05) is 0 Å². The van der Waals surface area contributed by atoms with Crippen molar-refractivity contribution >= 4 is 39.4 Å². The molecule has 5 heterocycles. The summed E-state index contributed by atoms with van der Waals surface area (Å²) in [6.07, 6.45) is 7.80. The van der Waals surface area contributed by atoms with Crippen LogP contribution in [0.4, 0.5) is 11.4 Å². The summed E-state index contributed by atoms with van der Waals surface area (Å²) in [5.41, 5.74) is 2.99. The number of amides is 2. The van der Waals surface area contributed by atoms with Gasteiger partial charge in [-0.05, 0) is 51.6 Å². The number of hydrogen-bond acceptors (Lipinski definition) is 8. The number of nitrogens with zero attached hydrogens (tertiary/aromatic N) is 5. The number of hydrogen-bond donors (Lipinski definition) is 2. The Balaban J connectivity index is 1.35. The van der Waals surface area contributed by atoms with Gasteiger partial charge in [0.25, 0.3) is 5.91 Å². The third-order valence-electron chi connectivity index (χ3n) is 5.69. The van der Waals surface area contributed by atoms with E-state index in [1.54, 1.807) is 36.1 Å². The smallest absolute Gasteiger partial charge is 0.260 e. The van der Waals surface area contributed by atoms with E-state index in [2.05, 4.69) is 30.6 Å². The number of rotatable bonds is 8. The van der Waals surface area contributed by atoms with Crippen molar-refractivity contribution in [3.63, 3.8) is 0 Å². The minimum absolute atomic E-state index is 0.0982. The second-order valence-corrected chi connectivity index (χ2v) is 9.21. The predicted octanol–water partition coefficient (Wildman–Crippen LogP) is 3.46. The minimum atomic E-state index is -0.307. The summed E-state index contributed by atoms with van der Waals surface area (Å²) in [5.74, 6) is 0.137. The predicted molar refractivity (Wildman–Crippen MR) is 134 cm³/mol. The Bertz CT molecular complexity index is 1390. The van der Waals surface area contributed by atoms with Crippen LogP contribution < -0.4 is 15.4 Å². The molecule has 1 aliphatic rings. The largest absolute Gasteiger partial charge is 0.477 e. The van der Waals surface area contributed by atoms with Crippen LogP contribution in [0.15, 0.2) is 43.0 Å². The zero-order chi connectivity index (χ0) is 24.4. The standard InChI is InChI=1S/C24H25N7O3S/c1-3-34-23-17(6-4-7-25-23)20-13-31-24(35-20)18(12-27-31)22(33)29-19-10-16(11-26-15(19)2)28-21(32)14-30-8-5-9-30/h4,6-7,10-13H,3,5,8-9,14H2,1-2H3,(H,28,32)(H,29,33). The number of anilines is 2. The summed E-state index contributed by atoms with van der Waals surface area (Å²) in [7, 11) is 0. The first-order chi connectivity index (χ1) is 17.0. The van der Waals surface area contributed by atoms with Crippen molar-refractivity contribution in [2.45, 2.75) is 20.3 Å². The molecule has 180 valence electrons. The fraction of sp³-hybridized carbons (Fsp3) is 0.292. The van der Waals surface area contributed by atoms with Gasteiger partial charge in [-0.2, -0.15) is 5.10 Å². The lowest BCUT2D eigenvalue weighted by Gasteiger charge is -2.29. The molecule has 2 amide bonds. The molecule has 5 rings (SSSR count). The molecule has 35 heavy (non-hydrogen) atoms. The second-order valence-electron chi connectivity index (χ2n) is 8.18. The summed E-state index contributed by atoms with van der Waals surface area (Å²) in [4.78, 5) is 37.7. The Labute approximate surface area is 206 Å². The molecule has 0 unspecified atom stereocenters. The van der Waals surface area contributed by atoms with Gasteiger partial charge in [0.15, 0.2) is 0 Å². The number of aromatic nitrogens is 4. The van der Waals surface area contributed by atoms with Crippen LogP contribution in [-0.4, -0.2) is 62.5 Å². The van der Waals surface area contributed by atoms with Gasteiger partial charge in [-0.25, -0.2) is 9.50 Å². The first-order valence-electron chi connectivity index (χ1n) is 11.4. The average Bonchev–Trinajstić information content (AvgIpc) is 3.40. The van der Waals surface area contributed by atoms with Crippen molar-refractivity contribution in [1.82, 2.24) is 24.5 Å². The number of ether oxygens (including phenoxy) is 1. The maximum Gasteiger partial charge on any atom is 0.260 e. The number of likely N-dealkylation sites (tertiary alicyclic amines) is 1. The van der Waals surface area contributed by atoms with E-state index >= 15 is 0 Å². The van der Waals surface area contributed by atoms with E-state index in [4.69, 9.17) is 4.74 Å². The first kappa shape index (κ1) is 22.9. The zero-order valence-electron chi connectivity index (χ0n) is 19.4. The van der Waals surface area contributed by atoms with Crippen LogP contribution in [0.5, 0.6) is 5.88 Å². The van der Waals surface area contributed by atoms with Crippen LogP contribution in [0.25, 0.3) is 15.3 Å². The van der Waals surface area contributed by atoms with Crippen molar-refractivity contribution < 1.29 is 14.3 Å². The Morgan fingerprint density at radius 3 is 2.83 bits per heavy atom. The number of nitrogens with one attached hydrogen (secondary N) is 2. The molecule has 0 radical (unpaired) electrons. The maximum atomic E-state index is 13.2. The van der Waals surface area contributed by atoms with Gasteiger partial charge in [0.1, 0.15) is 4.83 Å². The Hall–Kier alpha value is -3.83. The van der Waals surface area contributed by atoms with Crippen LogP contribution >= 0.6 is 11.3 Å². The average molecular weight is 492 g/mol. The van der Waals surface area contributed by atoms with E-state index in [-0.39, 0.29) is 11.8 Å². The van der Waals surface area contributed by atoms with E-state index in [9.17, 15) is 9.59 Å². The summed E-state index contributed by atoms with van der Waals surface area (Å²) < 4.78 is 7.33. The van der Waals surface area contributed by atoms with Crippen molar-refractivity contribution in [1.29, 1.82) is 0 Å². The molecule has 1 aliphatic heterocycles. The molecule has 4 aromatic rings. The van der Waals surface area contributed by atoms with E-state index in [1.807, 2.05) is 25.3 Å². The number of thiazole rings is 1. The van der Waals surface area contributed by atoms with Crippen molar-refractivity contribution in [2.75, 3.05) is 36.9 Å². The Morgan fingerprint density at radius 2 is 2.06 bits per heavy atom. The first-order valence-corrected chi connectivity index (χ1v) is 12.2. The number of carbonyl (C=O) groups excluding carboxylic acids is 2. The fourth-order valence-electron chi connectivity index (χ4n) is 3.76. The molecule has 2 N–H and O–H groups in total. The van der Waals surface area contributed by atoms with Crippen molar-refractivity contribution in [3.8, 4) is 16.3 Å². The van der Waals surface area contributed by atoms with Gasteiger partial charge in [0, 0.05) is 12.4 Å². The van der Waals surface area contributed by atoms with E-state index in [0.717, 1.165) is 30.0 Å². The van der Waals surface area contributed by atoms with Crippen LogP contribution in [0, 0.1) is 6.92 Å². The number of pyridine rings is 2. The van der Waals surface area contributed by atoms with Gasteiger partial charge in [0.2, 0.25) is 11.8 Å². The number of aryl methyl sites for hydroxylation is 1. The molecule has 1 fully saturated rings. The molecule has 0 aliphatic carbocycles. The van der Waals surface area contributed by atoms with Crippen LogP contribution in [0.3, 0.4) is 0 Å². The van der Waals surface area contributed by atoms with Gasteiger partial charge >= 0.3 is 0 Å². The van der Waals surface area contributed by atoms with E-state index in [0.29, 0.717) is 46.5 Å². The molecule has 0 atom stereocenters. The lowest BCUT2D eigenvalue weighted by atomic mass is 10.2. The lowest BCUT2D eigenvalue weighted by Crippen LogP contribution is -2.42. The maximum absolute atomic E-state index is 13.2. The van der Waals surface area contributed by atoms with E-state index in [1.165, 1.54) is 11.3 Å². The summed E-state index contributed by atoms with van der Waals surface area (Å²) in [6.45, 7) is 6.46. The van der Waals surface area contributed by atoms with Crippen LogP contribution in [0.1, 0.15) is 29.4 Å². The summed E-state index contributed by atoms with van der Waals surface area (Å²) in [5, 5.41) is 10.1. The molecule has 11 heteroatoms. The van der Waals surface area contributed by atoms with Gasteiger partial charge in [0.05, 0.1) is 58.6 Å². The Morgan fingerprint density at radius 1 is 1.20 bits per heavy atom. The molecule has 0 bridgehead atoms.